The summed E-state index contributed by atoms with van der Waals surface area (Å²) < 4.78 is 2.64. The fourth-order valence-electron chi connectivity index (χ4n) is 7.49. The van der Waals surface area contributed by atoms with E-state index in [1.165, 1.54) is 224 Å². The van der Waals surface area contributed by atoms with E-state index in [1.54, 1.807) is 0 Å². The molecule has 2 heteroatoms. The van der Waals surface area contributed by atoms with Crippen molar-refractivity contribution in [1.82, 2.24) is 4.98 Å². The molecule has 2 nitrogen and oxygen atoms in total. The number of imidazole rings is 1. The Kier molecular flexibility index (Phi) is 31.1. The summed E-state index contributed by atoms with van der Waals surface area (Å²) in [6.07, 6.45) is 53.1. The summed E-state index contributed by atoms with van der Waals surface area (Å²) in [7, 11) is 0. The molecule has 0 bridgehead atoms. The predicted octanol–water partition coefficient (Wildman–Crippen LogP) is 15.3. The van der Waals surface area contributed by atoms with Crippen LogP contribution in [0.2, 0.25) is 0 Å². The van der Waals surface area contributed by atoms with Gasteiger partial charge in [-0.25, -0.2) is 9.55 Å². The number of unbranched alkanes of at least 4 members (excludes halogenated alkanes) is 28. The summed E-state index contributed by atoms with van der Waals surface area (Å²) >= 11 is 0. The molecule has 0 fully saturated rings. The Morgan fingerprint density at radius 3 is 1.04 bits per heavy atom. The third-order valence-corrected chi connectivity index (χ3v) is 10.6. The Labute approximate surface area is 285 Å². The fourth-order valence-corrected chi connectivity index (χ4v) is 7.49. The summed E-state index contributed by atoms with van der Waals surface area (Å²) in [4.78, 5) is 3.75. The number of hydrogen-bond donors (Lipinski definition) is 1. The normalized spacial score (nSPS) is 13.1. The van der Waals surface area contributed by atoms with Gasteiger partial charge in [-0.05, 0) is 32.6 Å². The van der Waals surface area contributed by atoms with Gasteiger partial charge in [-0.15, -0.1) is 0 Å². The highest BCUT2D eigenvalue weighted by Gasteiger charge is 2.25. The van der Waals surface area contributed by atoms with Crippen molar-refractivity contribution < 1.29 is 4.57 Å². The molecule has 0 saturated heterocycles. The van der Waals surface area contributed by atoms with E-state index < -0.39 is 0 Å². The smallest absolute Gasteiger partial charge is 0.247 e. The molecule has 0 saturated carbocycles. The molecule has 0 aliphatic heterocycles. The number of nitrogens with zero attached hydrogens (tertiary/aromatic N) is 1. The molecule has 2 unspecified atom stereocenters. The Balaban J connectivity index is 2.32. The van der Waals surface area contributed by atoms with Crippen molar-refractivity contribution in [2.45, 2.75) is 258 Å². The van der Waals surface area contributed by atoms with Crippen molar-refractivity contribution in [3.63, 3.8) is 0 Å². The van der Waals surface area contributed by atoms with Gasteiger partial charge in [0.05, 0.1) is 12.0 Å². The lowest BCUT2D eigenvalue weighted by molar-refractivity contribution is -0.727. The molecule has 2 atom stereocenters. The lowest BCUT2D eigenvalue weighted by Crippen LogP contribution is -2.41. The maximum atomic E-state index is 3.75. The average molecular weight is 630 g/mol. The van der Waals surface area contributed by atoms with Crippen LogP contribution in [0.5, 0.6) is 0 Å². The van der Waals surface area contributed by atoms with Crippen LogP contribution in [0.25, 0.3) is 0 Å². The number of hydrogen-bond acceptors (Lipinski definition) is 0. The number of rotatable bonds is 36. The van der Waals surface area contributed by atoms with Crippen LogP contribution in [0.15, 0.2) is 12.4 Å². The van der Waals surface area contributed by atoms with Crippen LogP contribution in [-0.2, 0) is 0 Å². The quantitative estimate of drug-likeness (QED) is 0.0563. The zero-order chi connectivity index (χ0) is 32.5. The molecule has 0 aliphatic rings. The van der Waals surface area contributed by atoms with Crippen molar-refractivity contribution in [3.05, 3.63) is 18.2 Å². The largest absolute Gasteiger partial charge is 0.257 e. The van der Waals surface area contributed by atoms with Gasteiger partial charge in [0.2, 0.25) is 0 Å². The highest BCUT2D eigenvalue weighted by atomic mass is 15.1. The van der Waals surface area contributed by atoms with Crippen molar-refractivity contribution in [3.8, 4) is 0 Å². The van der Waals surface area contributed by atoms with Gasteiger partial charge in [0.1, 0.15) is 12.4 Å². The molecule has 0 amide bonds. The monoisotopic (exact) mass is 630 g/mol. The maximum Gasteiger partial charge on any atom is 0.257 e. The van der Waals surface area contributed by atoms with Crippen LogP contribution >= 0.6 is 0 Å². The van der Waals surface area contributed by atoms with E-state index in [2.05, 4.69) is 49.6 Å². The van der Waals surface area contributed by atoms with Crippen molar-refractivity contribution >= 4 is 0 Å². The highest BCUT2D eigenvalue weighted by Crippen LogP contribution is 2.27. The zero-order valence-corrected chi connectivity index (χ0v) is 31.8. The van der Waals surface area contributed by atoms with Crippen LogP contribution in [0, 0.1) is 0 Å². The summed E-state index contributed by atoms with van der Waals surface area (Å²) in [6.45, 7) is 9.43. The molecule has 1 heterocycles. The zero-order valence-electron chi connectivity index (χ0n) is 31.8. The van der Waals surface area contributed by atoms with Gasteiger partial charge in [0, 0.05) is 0 Å². The van der Waals surface area contributed by atoms with E-state index in [-0.39, 0.29) is 0 Å². The molecule has 45 heavy (non-hydrogen) atoms. The lowest BCUT2D eigenvalue weighted by atomic mass is 9.92. The Bertz CT molecular complexity index is 694. The molecule has 0 aliphatic carbocycles. The first-order valence-corrected chi connectivity index (χ1v) is 21.3. The SMILES string of the molecule is CCCCCCCCCCCCCCCCC(C)[n+]1cc[nH]c1C(CCCCCCCC)CCCCCCCCCCCCC. The van der Waals surface area contributed by atoms with Gasteiger partial charge in [-0.3, -0.25) is 0 Å². The third-order valence-electron chi connectivity index (χ3n) is 10.6. The maximum absolute atomic E-state index is 3.75. The molecule has 266 valence electrons. The minimum Gasteiger partial charge on any atom is -0.247 e. The number of aromatic amines is 1. The van der Waals surface area contributed by atoms with Crippen LogP contribution in [0.3, 0.4) is 0 Å². The number of H-pyrrole nitrogens is 1. The summed E-state index contributed by atoms with van der Waals surface area (Å²) in [6, 6.07) is 0.618. The topological polar surface area (TPSA) is 19.7 Å². The van der Waals surface area contributed by atoms with E-state index in [0.717, 1.165) is 0 Å². The minimum absolute atomic E-state index is 0.618. The molecular formula is C43H85N2+. The van der Waals surface area contributed by atoms with E-state index in [1.807, 2.05) is 0 Å². The van der Waals surface area contributed by atoms with E-state index in [0.29, 0.717) is 12.0 Å². The van der Waals surface area contributed by atoms with Crippen LogP contribution in [-0.4, -0.2) is 4.98 Å². The van der Waals surface area contributed by atoms with E-state index in [9.17, 15) is 0 Å². The van der Waals surface area contributed by atoms with E-state index >= 15 is 0 Å². The standard InChI is InChI=1S/C43H84N2/c1-5-8-11-14-17-19-21-22-23-25-26-28-30-33-36-41(4)45-40-39-44-43(45)42(37-34-31-16-13-10-7-3)38-35-32-29-27-24-20-18-15-12-9-6-2/h39-42H,5-38H2,1-4H3/p+1. The van der Waals surface area contributed by atoms with Gasteiger partial charge in [0.25, 0.3) is 5.82 Å². The van der Waals surface area contributed by atoms with Gasteiger partial charge in [-0.2, -0.15) is 0 Å². The molecular weight excluding hydrogens is 544 g/mol. The Morgan fingerprint density at radius 2 is 0.711 bits per heavy atom. The van der Waals surface area contributed by atoms with Gasteiger partial charge >= 0.3 is 0 Å². The molecule has 0 radical (unpaired) electrons. The molecule has 1 aromatic rings. The van der Waals surface area contributed by atoms with Gasteiger partial charge in [0.15, 0.2) is 0 Å². The van der Waals surface area contributed by atoms with Crippen molar-refractivity contribution in [2.24, 2.45) is 0 Å². The fraction of sp³-hybridized carbons (Fsp3) is 0.930. The lowest BCUT2D eigenvalue weighted by Gasteiger charge is -2.17. The van der Waals surface area contributed by atoms with Gasteiger partial charge < -0.3 is 0 Å². The van der Waals surface area contributed by atoms with Crippen LogP contribution in [0.1, 0.15) is 264 Å². The second kappa shape index (κ2) is 33.1. The second-order valence-electron chi connectivity index (χ2n) is 15.1. The van der Waals surface area contributed by atoms with Gasteiger partial charge in [-0.1, -0.05) is 213 Å². The van der Waals surface area contributed by atoms with Crippen molar-refractivity contribution in [1.29, 1.82) is 0 Å². The van der Waals surface area contributed by atoms with Crippen LogP contribution in [0.4, 0.5) is 0 Å². The second-order valence-corrected chi connectivity index (χ2v) is 15.1. The van der Waals surface area contributed by atoms with Crippen molar-refractivity contribution in [2.75, 3.05) is 0 Å². The highest BCUT2D eigenvalue weighted by molar-refractivity contribution is 4.90. The molecule has 1 aromatic heterocycles. The molecule has 1 N–H and O–H groups in total. The Hall–Kier alpha value is -0.790. The minimum atomic E-state index is 0.618. The predicted molar refractivity (Wildman–Crippen MR) is 202 cm³/mol. The summed E-state index contributed by atoms with van der Waals surface area (Å²) in [5.74, 6) is 2.25. The first-order valence-electron chi connectivity index (χ1n) is 21.3. The van der Waals surface area contributed by atoms with E-state index in [4.69, 9.17) is 0 Å². The Morgan fingerprint density at radius 1 is 0.422 bits per heavy atom. The summed E-state index contributed by atoms with van der Waals surface area (Å²) in [5.41, 5.74) is 0. The molecule has 0 aromatic carbocycles. The average Bonchev–Trinajstić information content (AvgIpc) is 3.54. The molecule has 0 spiro atoms. The number of aromatic nitrogens is 2. The summed E-state index contributed by atoms with van der Waals surface area (Å²) in [5, 5.41) is 0. The first-order chi connectivity index (χ1) is 22.2. The number of nitrogens with one attached hydrogen (secondary N) is 1. The third kappa shape index (κ3) is 25.0. The van der Waals surface area contributed by atoms with Crippen LogP contribution < -0.4 is 4.57 Å². The molecule has 1 rings (SSSR count). The first kappa shape index (κ1) is 42.2.